The number of aromatic hydroxyl groups is 1. The predicted octanol–water partition coefficient (Wildman–Crippen LogP) is 2.22. The second-order valence-corrected chi connectivity index (χ2v) is 4.77. The topological polar surface area (TPSA) is 52.5 Å². The Kier molecular flexibility index (Phi) is 5.09. The van der Waals surface area contributed by atoms with Gasteiger partial charge in [-0.2, -0.15) is 0 Å². The lowest BCUT2D eigenvalue weighted by Gasteiger charge is -2.16. The lowest BCUT2D eigenvalue weighted by Crippen LogP contribution is -2.34. The van der Waals surface area contributed by atoms with Crippen LogP contribution in [0.4, 0.5) is 4.39 Å². The molecule has 4 heteroatoms. The van der Waals surface area contributed by atoms with E-state index in [4.69, 9.17) is 0 Å². The number of hydrogen-bond donors (Lipinski definition) is 3. The molecule has 0 unspecified atom stereocenters. The van der Waals surface area contributed by atoms with Crippen LogP contribution < -0.4 is 5.32 Å². The second kappa shape index (κ2) is 7.03. The molecule has 106 valence electrons. The third-order valence-electron chi connectivity index (χ3n) is 3.08. The summed E-state index contributed by atoms with van der Waals surface area (Å²) in [6, 6.07) is 13.7. The zero-order valence-electron chi connectivity index (χ0n) is 11.1. The van der Waals surface area contributed by atoms with Crippen molar-refractivity contribution in [2.75, 3.05) is 6.61 Å². The maximum Gasteiger partial charge on any atom is 0.127 e. The smallest absolute Gasteiger partial charge is 0.127 e. The number of aliphatic hydroxyl groups is 1. The molecule has 0 amide bonds. The molecule has 0 aromatic heterocycles. The molecule has 2 aromatic rings. The van der Waals surface area contributed by atoms with Crippen LogP contribution in [0.15, 0.2) is 48.5 Å². The number of rotatable bonds is 6. The first-order chi connectivity index (χ1) is 9.67. The van der Waals surface area contributed by atoms with Crippen LogP contribution in [-0.4, -0.2) is 22.9 Å². The van der Waals surface area contributed by atoms with E-state index in [1.807, 2.05) is 30.3 Å². The van der Waals surface area contributed by atoms with Crippen LogP contribution in [0.1, 0.15) is 11.1 Å². The van der Waals surface area contributed by atoms with E-state index in [0.29, 0.717) is 18.5 Å². The highest BCUT2D eigenvalue weighted by Crippen LogP contribution is 2.14. The monoisotopic (exact) mass is 275 g/mol. The highest BCUT2D eigenvalue weighted by Gasteiger charge is 2.08. The molecule has 2 aromatic carbocycles. The van der Waals surface area contributed by atoms with Gasteiger partial charge in [-0.15, -0.1) is 0 Å². The van der Waals surface area contributed by atoms with Gasteiger partial charge in [-0.25, -0.2) is 4.39 Å². The van der Waals surface area contributed by atoms with E-state index >= 15 is 0 Å². The van der Waals surface area contributed by atoms with E-state index in [9.17, 15) is 14.6 Å². The van der Waals surface area contributed by atoms with Crippen LogP contribution in [0.3, 0.4) is 0 Å². The number of nitrogens with one attached hydrogen (secondary N) is 1. The Balaban J connectivity index is 1.93. The van der Waals surface area contributed by atoms with Gasteiger partial charge in [0.1, 0.15) is 11.6 Å². The van der Waals surface area contributed by atoms with Gasteiger partial charge in [-0.3, -0.25) is 0 Å². The molecular weight excluding hydrogens is 257 g/mol. The lowest BCUT2D eigenvalue weighted by atomic mass is 10.1. The number of phenolic OH excluding ortho intramolecular Hbond substituents is 1. The van der Waals surface area contributed by atoms with Crippen LogP contribution in [0.25, 0.3) is 0 Å². The summed E-state index contributed by atoms with van der Waals surface area (Å²) >= 11 is 0. The number of aliphatic hydroxyl groups excluding tert-OH is 1. The Hall–Kier alpha value is -1.91. The third-order valence-corrected chi connectivity index (χ3v) is 3.08. The van der Waals surface area contributed by atoms with Gasteiger partial charge in [-0.05, 0) is 29.7 Å². The van der Waals surface area contributed by atoms with Gasteiger partial charge in [0.25, 0.3) is 0 Å². The van der Waals surface area contributed by atoms with Crippen molar-refractivity contribution in [3.63, 3.8) is 0 Å². The van der Waals surface area contributed by atoms with Crippen molar-refractivity contribution >= 4 is 0 Å². The average Bonchev–Trinajstić information content (AvgIpc) is 2.43. The van der Waals surface area contributed by atoms with Crippen LogP contribution in [0, 0.1) is 5.82 Å². The summed E-state index contributed by atoms with van der Waals surface area (Å²) in [5.41, 5.74) is 1.77. The Morgan fingerprint density at radius 1 is 1.05 bits per heavy atom. The predicted molar refractivity (Wildman–Crippen MR) is 75.9 cm³/mol. The summed E-state index contributed by atoms with van der Waals surface area (Å²) in [5, 5.41) is 21.9. The molecule has 0 radical (unpaired) electrons. The maximum atomic E-state index is 13.1. The quantitative estimate of drug-likeness (QED) is 0.757. The molecule has 0 saturated heterocycles. The van der Waals surface area contributed by atoms with Gasteiger partial charge in [0.05, 0.1) is 6.61 Å². The Labute approximate surface area is 117 Å². The van der Waals surface area contributed by atoms with Crippen molar-refractivity contribution in [3.8, 4) is 5.75 Å². The lowest BCUT2D eigenvalue weighted by molar-refractivity contribution is 0.240. The van der Waals surface area contributed by atoms with E-state index in [2.05, 4.69) is 5.32 Å². The average molecular weight is 275 g/mol. The van der Waals surface area contributed by atoms with Gasteiger partial charge < -0.3 is 15.5 Å². The standard InChI is InChI=1S/C16H18FNO2/c17-14-6-13(8-16(20)9-14)10-18-15(11-19)7-12-4-2-1-3-5-12/h1-6,8-9,15,18-20H,7,10-11H2/t15-/m0/s1. The highest BCUT2D eigenvalue weighted by molar-refractivity contribution is 5.28. The molecule has 0 aliphatic heterocycles. The molecule has 0 aliphatic rings. The first kappa shape index (κ1) is 14.5. The fourth-order valence-corrected chi connectivity index (χ4v) is 2.10. The van der Waals surface area contributed by atoms with Crippen molar-refractivity contribution in [2.45, 2.75) is 19.0 Å². The third kappa shape index (κ3) is 4.33. The first-order valence-corrected chi connectivity index (χ1v) is 6.54. The summed E-state index contributed by atoms with van der Waals surface area (Å²) in [5.74, 6) is -0.559. The fraction of sp³-hybridized carbons (Fsp3) is 0.250. The molecule has 0 heterocycles. The second-order valence-electron chi connectivity index (χ2n) is 4.77. The minimum absolute atomic E-state index is 0.00378. The van der Waals surface area contributed by atoms with Crippen molar-refractivity contribution in [2.24, 2.45) is 0 Å². The summed E-state index contributed by atoms with van der Waals surface area (Å²) in [7, 11) is 0. The van der Waals surface area contributed by atoms with E-state index in [1.54, 1.807) is 0 Å². The summed E-state index contributed by atoms with van der Waals surface area (Å²) in [6.07, 6.45) is 0.693. The molecule has 20 heavy (non-hydrogen) atoms. The number of halogens is 1. The van der Waals surface area contributed by atoms with Gasteiger partial charge in [-0.1, -0.05) is 30.3 Å². The van der Waals surface area contributed by atoms with Crippen LogP contribution in [0.2, 0.25) is 0 Å². The normalized spacial score (nSPS) is 12.3. The molecule has 0 saturated carbocycles. The molecule has 2 rings (SSSR count). The number of phenols is 1. The highest BCUT2D eigenvalue weighted by atomic mass is 19.1. The van der Waals surface area contributed by atoms with E-state index in [1.165, 1.54) is 12.1 Å². The van der Waals surface area contributed by atoms with Crippen LogP contribution in [0.5, 0.6) is 5.75 Å². The molecule has 1 atom stereocenters. The number of benzene rings is 2. The molecule has 0 spiro atoms. The van der Waals surface area contributed by atoms with Gasteiger partial charge in [0.2, 0.25) is 0 Å². The first-order valence-electron chi connectivity index (χ1n) is 6.54. The van der Waals surface area contributed by atoms with Crippen molar-refractivity contribution in [3.05, 3.63) is 65.5 Å². The molecule has 3 N–H and O–H groups in total. The zero-order valence-corrected chi connectivity index (χ0v) is 11.1. The van der Waals surface area contributed by atoms with Crippen LogP contribution in [-0.2, 0) is 13.0 Å². The summed E-state index contributed by atoms with van der Waals surface area (Å²) < 4.78 is 13.1. The fourth-order valence-electron chi connectivity index (χ4n) is 2.10. The largest absolute Gasteiger partial charge is 0.508 e. The molecule has 0 aliphatic carbocycles. The van der Waals surface area contributed by atoms with Crippen molar-refractivity contribution < 1.29 is 14.6 Å². The van der Waals surface area contributed by atoms with Crippen molar-refractivity contribution in [1.29, 1.82) is 0 Å². The molecule has 0 bridgehead atoms. The Morgan fingerprint density at radius 3 is 2.45 bits per heavy atom. The van der Waals surface area contributed by atoms with E-state index in [0.717, 1.165) is 11.6 Å². The van der Waals surface area contributed by atoms with Crippen LogP contribution >= 0.6 is 0 Å². The summed E-state index contributed by atoms with van der Waals surface area (Å²) in [4.78, 5) is 0. The Morgan fingerprint density at radius 2 is 1.80 bits per heavy atom. The van der Waals surface area contributed by atoms with E-state index in [-0.39, 0.29) is 18.4 Å². The van der Waals surface area contributed by atoms with E-state index < -0.39 is 5.82 Å². The molecule has 0 fully saturated rings. The molecule has 3 nitrogen and oxygen atoms in total. The minimum atomic E-state index is -0.467. The summed E-state index contributed by atoms with van der Waals surface area (Å²) in [6.45, 7) is 0.388. The zero-order chi connectivity index (χ0) is 14.4. The maximum absolute atomic E-state index is 13.1. The van der Waals surface area contributed by atoms with Crippen molar-refractivity contribution in [1.82, 2.24) is 5.32 Å². The van der Waals surface area contributed by atoms with Gasteiger partial charge in [0, 0.05) is 18.7 Å². The van der Waals surface area contributed by atoms with Gasteiger partial charge >= 0.3 is 0 Å². The minimum Gasteiger partial charge on any atom is -0.508 e. The SMILES string of the molecule is OC[C@H](Cc1ccccc1)NCc1cc(O)cc(F)c1. The molecular formula is C16H18FNO2. The Bertz CT molecular complexity index is 525. The number of hydrogen-bond acceptors (Lipinski definition) is 3. The van der Waals surface area contributed by atoms with Gasteiger partial charge in [0.15, 0.2) is 0 Å².